The maximum absolute atomic E-state index is 5.34. The van der Waals surface area contributed by atoms with Gasteiger partial charge in [0.15, 0.2) is 5.76 Å². The number of nitrogens with one attached hydrogen (secondary N) is 1. The van der Waals surface area contributed by atoms with Gasteiger partial charge in [0.25, 0.3) is 5.89 Å². The average molecular weight is 193 g/mol. The first-order chi connectivity index (χ1) is 6.79. The SMILES string of the molecule is CNCc1nnc(-c2ccc(C)o2)o1. The standard InChI is InChI=1S/C9H11N3O2/c1-6-3-4-7(13-6)9-12-11-8(14-9)5-10-2/h3-4,10H,5H2,1-2H3. The van der Waals surface area contributed by atoms with Gasteiger partial charge in [-0.05, 0) is 26.1 Å². The summed E-state index contributed by atoms with van der Waals surface area (Å²) in [6, 6.07) is 3.67. The van der Waals surface area contributed by atoms with Crippen molar-refractivity contribution in [1.82, 2.24) is 15.5 Å². The van der Waals surface area contributed by atoms with Crippen LogP contribution in [0.2, 0.25) is 0 Å². The van der Waals surface area contributed by atoms with E-state index in [4.69, 9.17) is 8.83 Å². The van der Waals surface area contributed by atoms with Crippen LogP contribution in [0.1, 0.15) is 11.7 Å². The molecule has 0 unspecified atom stereocenters. The van der Waals surface area contributed by atoms with Gasteiger partial charge in [-0.15, -0.1) is 10.2 Å². The first-order valence-corrected chi connectivity index (χ1v) is 4.33. The third kappa shape index (κ3) is 1.67. The van der Waals surface area contributed by atoms with E-state index in [1.807, 2.05) is 26.1 Å². The average Bonchev–Trinajstić information content (AvgIpc) is 2.74. The molecule has 0 bridgehead atoms. The summed E-state index contributed by atoms with van der Waals surface area (Å²) in [7, 11) is 1.82. The lowest BCUT2D eigenvalue weighted by Gasteiger charge is -1.89. The topological polar surface area (TPSA) is 64.1 Å². The maximum atomic E-state index is 5.34. The third-order valence-electron chi connectivity index (χ3n) is 1.75. The lowest BCUT2D eigenvalue weighted by molar-refractivity contribution is 0.464. The lowest BCUT2D eigenvalue weighted by Crippen LogP contribution is -2.04. The molecule has 2 aromatic rings. The molecule has 0 aliphatic carbocycles. The minimum atomic E-state index is 0.420. The zero-order valence-corrected chi connectivity index (χ0v) is 8.07. The number of nitrogens with zero attached hydrogens (tertiary/aromatic N) is 2. The number of hydrogen-bond donors (Lipinski definition) is 1. The summed E-state index contributed by atoms with van der Waals surface area (Å²) in [5.74, 6) is 2.41. The molecule has 5 nitrogen and oxygen atoms in total. The molecule has 0 saturated carbocycles. The molecule has 5 heteroatoms. The van der Waals surface area contributed by atoms with E-state index in [0.29, 0.717) is 24.1 Å². The Balaban J connectivity index is 2.24. The van der Waals surface area contributed by atoms with Crippen LogP contribution in [-0.4, -0.2) is 17.2 Å². The fourth-order valence-corrected chi connectivity index (χ4v) is 1.13. The van der Waals surface area contributed by atoms with Crippen molar-refractivity contribution in [1.29, 1.82) is 0 Å². The smallest absolute Gasteiger partial charge is 0.283 e. The molecule has 0 aliphatic heterocycles. The van der Waals surface area contributed by atoms with Gasteiger partial charge in [0, 0.05) is 0 Å². The minimum Gasteiger partial charge on any atom is -0.456 e. The van der Waals surface area contributed by atoms with Crippen LogP contribution in [0.3, 0.4) is 0 Å². The van der Waals surface area contributed by atoms with Crippen LogP contribution in [0.25, 0.3) is 11.7 Å². The lowest BCUT2D eigenvalue weighted by atomic mass is 10.4. The summed E-state index contributed by atoms with van der Waals surface area (Å²) < 4.78 is 10.7. The summed E-state index contributed by atoms with van der Waals surface area (Å²) in [5.41, 5.74) is 0. The second-order valence-electron chi connectivity index (χ2n) is 2.94. The molecule has 0 aliphatic rings. The number of hydrogen-bond acceptors (Lipinski definition) is 5. The van der Waals surface area contributed by atoms with Crippen molar-refractivity contribution in [2.24, 2.45) is 0 Å². The molecule has 14 heavy (non-hydrogen) atoms. The van der Waals surface area contributed by atoms with Crippen molar-refractivity contribution in [3.63, 3.8) is 0 Å². The Morgan fingerprint density at radius 3 is 2.79 bits per heavy atom. The van der Waals surface area contributed by atoms with Crippen LogP contribution >= 0.6 is 0 Å². The fraction of sp³-hybridized carbons (Fsp3) is 0.333. The Morgan fingerprint density at radius 1 is 1.29 bits per heavy atom. The molecule has 0 amide bonds. The molecule has 2 heterocycles. The van der Waals surface area contributed by atoms with Crippen LogP contribution in [-0.2, 0) is 6.54 Å². The number of rotatable bonds is 3. The van der Waals surface area contributed by atoms with E-state index < -0.39 is 0 Å². The van der Waals surface area contributed by atoms with Gasteiger partial charge in [0.1, 0.15) is 5.76 Å². The summed E-state index contributed by atoms with van der Waals surface area (Å²) in [5, 5.41) is 10.6. The van der Waals surface area contributed by atoms with Crippen LogP contribution in [0.15, 0.2) is 21.0 Å². The van der Waals surface area contributed by atoms with Crippen LogP contribution in [0.5, 0.6) is 0 Å². The normalized spacial score (nSPS) is 10.7. The molecular weight excluding hydrogens is 182 g/mol. The molecule has 2 rings (SSSR count). The Kier molecular flexibility index (Phi) is 2.32. The van der Waals surface area contributed by atoms with Crippen LogP contribution in [0.4, 0.5) is 0 Å². The summed E-state index contributed by atoms with van der Waals surface area (Å²) >= 11 is 0. The summed E-state index contributed by atoms with van der Waals surface area (Å²) in [4.78, 5) is 0. The summed E-state index contributed by atoms with van der Waals surface area (Å²) in [6.07, 6.45) is 0. The Bertz CT molecular complexity index is 419. The van der Waals surface area contributed by atoms with E-state index in [9.17, 15) is 0 Å². The molecule has 0 spiro atoms. The molecule has 0 fully saturated rings. The van der Waals surface area contributed by atoms with E-state index in [0.717, 1.165) is 5.76 Å². The van der Waals surface area contributed by atoms with Crippen molar-refractivity contribution in [2.45, 2.75) is 13.5 Å². The Labute approximate surface area is 81.1 Å². The van der Waals surface area contributed by atoms with Gasteiger partial charge >= 0.3 is 0 Å². The van der Waals surface area contributed by atoms with Crippen molar-refractivity contribution >= 4 is 0 Å². The van der Waals surface area contributed by atoms with E-state index in [1.54, 1.807) is 0 Å². The first kappa shape index (κ1) is 8.96. The monoisotopic (exact) mass is 193 g/mol. The first-order valence-electron chi connectivity index (χ1n) is 4.33. The number of aromatic nitrogens is 2. The van der Waals surface area contributed by atoms with Gasteiger partial charge in [-0.3, -0.25) is 0 Å². The van der Waals surface area contributed by atoms with Gasteiger partial charge in [0.2, 0.25) is 5.89 Å². The highest BCUT2D eigenvalue weighted by atomic mass is 16.4. The molecule has 2 aromatic heterocycles. The Morgan fingerprint density at radius 2 is 2.14 bits per heavy atom. The van der Waals surface area contributed by atoms with Gasteiger partial charge < -0.3 is 14.2 Å². The molecule has 1 N–H and O–H groups in total. The molecule has 0 aromatic carbocycles. The molecule has 0 radical (unpaired) electrons. The van der Waals surface area contributed by atoms with Crippen molar-refractivity contribution in [3.8, 4) is 11.7 Å². The maximum Gasteiger partial charge on any atom is 0.283 e. The predicted octanol–water partition coefficient (Wildman–Crippen LogP) is 1.36. The van der Waals surface area contributed by atoms with Gasteiger partial charge in [0.05, 0.1) is 6.54 Å². The van der Waals surface area contributed by atoms with E-state index >= 15 is 0 Å². The zero-order chi connectivity index (χ0) is 9.97. The molecule has 0 atom stereocenters. The van der Waals surface area contributed by atoms with Crippen molar-refractivity contribution in [2.75, 3.05) is 7.05 Å². The zero-order valence-electron chi connectivity index (χ0n) is 8.07. The number of furan rings is 1. The van der Waals surface area contributed by atoms with Crippen LogP contribution in [0, 0.1) is 6.92 Å². The second kappa shape index (κ2) is 3.63. The summed E-state index contributed by atoms with van der Waals surface area (Å²) in [6.45, 7) is 2.43. The van der Waals surface area contributed by atoms with Crippen LogP contribution < -0.4 is 5.32 Å². The van der Waals surface area contributed by atoms with E-state index in [2.05, 4.69) is 15.5 Å². The molecule has 74 valence electrons. The quantitative estimate of drug-likeness (QED) is 0.797. The van der Waals surface area contributed by atoms with Gasteiger partial charge in [-0.25, -0.2) is 0 Å². The predicted molar refractivity (Wildman–Crippen MR) is 49.5 cm³/mol. The third-order valence-corrected chi connectivity index (χ3v) is 1.75. The molecule has 0 saturated heterocycles. The number of aryl methyl sites for hydroxylation is 1. The second-order valence-corrected chi connectivity index (χ2v) is 2.94. The highest BCUT2D eigenvalue weighted by Gasteiger charge is 2.10. The molecular formula is C9H11N3O2. The van der Waals surface area contributed by atoms with Crippen molar-refractivity contribution < 1.29 is 8.83 Å². The van der Waals surface area contributed by atoms with Gasteiger partial charge in [-0.2, -0.15) is 0 Å². The highest BCUT2D eigenvalue weighted by Crippen LogP contribution is 2.19. The highest BCUT2D eigenvalue weighted by molar-refractivity contribution is 5.43. The minimum absolute atomic E-state index is 0.420. The fourth-order valence-electron chi connectivity index (χ4n) is 1.13. The van der Waals surface area contributed by atoms with Crippen molar-refractivity contribution in [3.05, 3.63) is 23.8 Å². The van der Waals surface area contributed by atoms with Gasteiger partial charge in [-0.1, -0.05) is 0 Å². The van der Waals surface area contributed by atoms with E-state index in [-0.39, 0.29) is 0 Å². The van der Waals surface area contributed by atoms with E-state index in [1.165, 1.54) is 0 Å². The largest absolute Gasteiger partial charge is 0.456 e. The Hall–Kier alpha value is -1.62.